The van der Waals surface area contributed by atoms with Gasteiger partial charge in [0, 0.05) is 18.5 Å². The fourth-order valence-electron chi connectivity index (χ4n) is 1.23. The number of hydrogen-bond donors (Lipinski definition) is 1. The first kappa shape index (κ1) is 11.8. The maximum atomic E-state index is 3.37. The van der Waals surface area contributed by atoms with E-state index in [0.717, 1.165) is 25.1 Å². The van der Waals surface area contributed by atoms with Crippen LogP contribution < -0.4 is 5.32 Å². The summed E-state index contributed by atoms with van der Waals surface area (Å²) in [6, 6.07) is 10.1. The van der Waals surface area contributed by atoms with Crippen LogP contribution in [0.5, 0.6) is 0 Å². The zero-order chi connectivity index (χ0) is 10.9. The highest BCUT2D eigenvalue weighted by Crippen LogP contribution is 1.94. The SMILES string of the molecule is CC(C)CNCCC#Cc1ccccc1. The van der Waals surface area contributed by atoms with Gasteiger partial charge in [0.25, 0.3) is 0 Å². The summed E-state index contributed by atoms with van der Waals surface area (Å²) < 4.78 is 0. The van der Waals surface area contributed by atoms with Crippen molar-refractivity contribution in [3.8, 4) is 11.8 Å². The molecular formula is C14H19N. The van der Waals surface area contributed by atoms with Crippen molar-refractivity contribution in [1.29, 1.82) is 0 Å². The van der Waals surface area contributed by atoms with Crippen molar-refractivity contribution in [3.05, 3.63) is 35.9 Å². The third-order valence-electron chi connectivity index (χ3n) is 1.99. The van der Waals surface area contributed by atoms with Gasteiger partial charge in [0.2, 0.25) is 0 Å². The van der Waals surface area contributed by atoms with Gasteiger partial charge < -0.3 is 5.32 Å². The van der Waals surface area contributed by atoms with Crippen LogP contribution in [-0.2, 0) is 0 Å². The highest BCUT2D eigenvalue weighted by atomic mass is 14.8. The Kier molecular flexibility index (Phi) is 5.58. The van der Waals surface area contributed by atoms with Gasteiger partial charge in [-0.3, -0.25) is 0 Å². The number of benzene rings is 1. The normalized spacial score (nSPS) is 9.80. The van der Waals surface area contributed by atoms with Crippen molar-refractivity contribution in [2.24, 2.45) is 5.92 Å². The predicted octanol–water partition coefficient (Wildman–Crippen LogP) is 2.67. The molecule has 15 heavy (non-hydrogen) atoms. The first-order chi connectivity index (χ1) is 7.29. The van der Waals surface area contributed by atoms with Crippen LogP contribution in [0.1, 0.15) is 25.8 Å². The molecule has 0 aliphatic rings. The fraction of sp³-hybridized carbons (Fsp3) is 0.429. The monoisotopic (exact) mass is 201 g/mol. The van der Waals surface area contributed by atoms with Crippen molar-refractivity contribution in [2.45, 2.75) is 20.3 Å². The van der Waals surface area contributed by atoms with Gasteiger partial charge in [-0.25, -0.2) is 0 Å². The second kappa shape index (κ2) is 7.09. The molecule has 0 saturated carbocycles. The van der Waals surface area contributed by atoms with Crippen molar-refractivity contribution in [2.75, 3.05) is 13.1 Å². The van der Waals surface area contributed by atoms with Crippen LogP contribution in [0.2, 0.25) is 0 Å². The Labute approximate surface area is 92.9 Å². The van der Waals surface area contributed by atoms with Crippen molar-refractivity contribution >= 4 is 0 Å². The van der Waals surface area contributed by atoms with Crippen LogP contribution in [0.15, 0.2) is 30.3 Å². The lowest BCUT2D eigenvalue weighted by Gasteiger charge is -2.03. The second-order valence-electron chi connectivity index (χ2n) is 4.02. The van der Waals surface area contributed by atoms with E-state index in [0.29, 0.717) is 5.92 Å². The molecule has 0 atom stereocenters. The molecule has 0 saturated heterocycles. The van der Waals surface area contributed by atoms with Crippen molar-refractivity contribution in [1.82, 2.24) is 5.32 Å². The van der Waals surface area contributed by atoms with E-state index in [4.69, 9.17) is 0 Å². The maximum absolute atomic E-state index is 3.37. The Morgan fingerprint density at radius 1 is 1.20 bits per heavy atom. The summed E-state index contributed by atoms with van der Waals surface area (Å²) >= 11 is 0. The molecule has 0 radical (unpaired) electrons. The molecule has 0 heterocycles. The van der Waals surface area contributed by atoms with Crippen molar-refractivity contribution in [3.63, 3.8) is 0 Å². The summed E-state index contributed by atoms with van der Waals surface area (Å²) in [5, 5.41) is 3.37. The molecule has 0 amide bonds. The topological polar surface area (TPSA) is 12.0 Å². The first-order valence-corrected chi connectivity index (χ1v) is 5.53. The van der Waals surface area contributed by atoms with Gasteiger partial charge in [0.1, 0.15) is 0 Å². The summed E-state index contributed by atoms with van der Waals surface area (Å²) in [7, 11) is 0. The molecule has 0 bridgehead atoms. The van der Waals surface area contributed by atoms with Crippen LogP contribution in [0.25, 0.3) is 0 Å². The molecule has 0 aromatic heterocycles. The Morgan fingerprint density at radius 3 is 2.60 bits per heavy atom. The quantitative estimate of drug-likeness (QED) is 0.583. The Balaban J connectivity index is 2.18. The summed E-state index contributed by atoms with van der Waals surface area (Å²) in [4.78, 5) is 0. The molecule has 1 aromatic carbocycles. The summed E-state index contributed by atoms with van der Waals surface area (Å²) in [5.74, 6) is 7.02. The van der Waals surface area contributed by atoms with E-state index in [1.807, 2.05) is 30.3 Å². The van der Waals surface area contributed by atoms with Gasteiger partial charge in [-0.05, 0) is 24.6 Å². The largest absolute Gasteiger partial charge is 0.316 e. The van der Waals surface area contributed by atoms with Gasteiger partial charge in [0.05, 0.1) is 0 Å². The highest BCUT2D eigenvalue weighted by molar-refractivity contribution is 5.33. The van der Waals surface area contributed by atoms with E-state index < -0.39 is 0 Å². The van der Waals surface area contributed by atoms with Crippen LogP contribution in [0.4, 0.5) is 0 Å². The standard InChI is InChI=1S/C14H19N/c1-13(2)12-15-11-7-6-10-14-8-4-3-5-9-14/h3-5,8-9,13,15H,7,11-12H2,1-2H3. The molecule has 1 heteroatoms. The third-order valence-corrected chi connectivity index (χ3v) is 1.99. The average Bonchev–Trinajstić information content (AvgIpc) is 2.24. The molecule has 0 aliphatic heterocycles. The van der Waals surface area contributed by atoms with Gasteiger partial charge in [-0.2, -0.15) is 0 Å². The van der Waals surface area contributed by atoms with Gasteiger partial charge in [0.15, 0.2) is 0 Å². The van der Waals surface area contributed by atoms with E-state index in [1.54, 1.807) is 0 Å². The number of rotatable bonds is 4. The average molecular weight is 201 g/mol. The van der Waals surface area contributed by atoms with Gasteiger partial charge >= 0.3 is 0 Å². The summed E-state index contributed by atoms with van der Waals surface area (Å²) in [5.41, 5.74) is 1.10. The molecule has 0 spiro atoms. The molecule has 1 N–H and O–H groups in total. The lowest BCUT2D eigenvalue weighted by molar-refractivity contribution is 0.558. The predicted molar refractivity (Wildman–Crippen MR) is 65.6 cm³/mol. The second-order valence-corrected chi connectivity index (χ2v) is 4.02. The number of nitrogens with one attached hydrogen (secondary N) is 1. The van der Waals surface area contributed by atoms with Crippen molar-refractivity contribution < 1.29 is 0 Å². The minimum atomic E-state index is 0.715. The first-order valence-electron chi connectivity index (χ1n) is 5.53. The number of hydrogen-bond acceptors (Lipinski definition) is 1. The molecule has 80 valence electrons. The van der Waals surface area contributed by atoms with E-state index >= 15 is 0 Å². The van der Waals surface area contributed by atoms with Crippen LogP contribution in [0.3, 0.4) is 0 Å². The Bertz CT molecular complexity index is 316. The van der Waals surface area contributed by atoms with E-state index in [-0.39, 0.29) is 0 Å². The lowest BCUT2D eigenvalue weighted by atomic mass is 10.2. The zero-order valence-electron chi connectivity index (χ0n) is 9.59. The fourth-order valence-corrected chi connectivity index (χ4v) is 1.23. The zero-order valence-corrected chi connectivity index (χ0v) is 9.59. The Hall–Kier alpha value is -1.26. The van der Waals surface area contributed by atoms with Gasteiger partial charge in [-0.15, -0.1) is 0 Å². The molecular weight excluding hydrogens is 182 g/mol. The van der Waals surface area contributed by atoms with Crippen LogP contribution in [-0.4, -0.2) is 13.1 Å². The Morgan fingerprint density at radius 2 is 1.93 bits per heavy atom. The minimum Gasteiger partial charge on any atom is -0.316 e. The molecule has 1 aromatic rings. The third kappa shape index (κ3) is 5.93. The maximum Gasteiger partial charge on any atom is 0.0245 e. The smallest absolute Gasteiger partial charge is 0.0245 e. The van der Waals surface area contributed by atoms with E-state index in [9.17, 15) is 0 Å². The van der Waals surface area contributed by atoms with Crippen LogP contribution in [0, 0.1) is 17.8 Å². The molecule has 0 fully saturated rings. The minimum absolute atomic E-state index is 0.715. The molecule has 1 rings (SSSR count). The van der Waals surface area contributed by atoms with Crippen LogP contribution >= 0.6 is 0 Å². The molecule has 0 unspecified atom stereocenters. The highest BCUT2D eigenvalue weighted by Gasteiger charge is 1.90. The lowest BCUT2D eigenvalue weighted by Crippen LogP contribution is -2.20. The van der Waals surface area contributed by atoms with E-state index in [1.165, 1.54) is 0 Å². The summed E-state index contributed by atoms with van der Waals surface area (Å²) in [6.07, 6.45) is 0.918. The molecule has 1 nitrogen and oxygen atoms in total. The summed E-state index contributed by atoms with van der Waals surface area (Å²) in [6.45, 7) is 6.48. The van der Waals surface area contributed by atoms with Gasteiger partial charge in [-0.1, -0.05) is 43.9 Å². The molecule has 0 aliphatic carbocycles. The van der Waals surface area contributed by atoms with E-state index in [2.05, 4.69) is 31.0 Å².